The first-order chi connectivity index (χ1) is 13.0. The van der Waals surface area contributed by atoms with Crippen molar-refractivity contribution in [3.05, 3.63) is 65.0 Å². The highest BCUT2D eigenvalue weighted by Gasteiger charge is 2.13. The molecule has 27 heavy (non-hydrogen) atoms. The number of anilines is 1. The molecule has 0 saturated carbocycles. The summed E-state index contributed by atoms with van der Waals surface area (Å²) < 4.78 is 16.6. The van der Waals surface area contributed by atoms with Crippen molar-refractivity contribution < 1.29 is 4.39 Å². The standard InChI is InChI=1S/C18H20ClFN6S/c1-3-26-17(16(19)9-22-26)12-24(2)18(27)23-15-8-21-25(11-15)10-13-4-6-14(20)7-5-13/h4-9,11H,3,10,12H2,1-2H3,(H,23,27). The highest BCUT2D eigenvalue weighted by molar-refractivity contribution is 7.80. The third-order valence-corrected chi connectivity index (χ3v) is 4.80. The fraction of sp³-hybridized carbons (Fsp3) is 0.278. The minimum absolute atomic E-state index is 0.250. The van der Waals surface area contributed by atoms with Gasteiger partial charge in [0, 0.05) is 19.8 Å². The maximum atomic E-state index is 13.0. The first kappa shape index (κ1) is 19.3. The van der Waals surface area contributed by atoms with Crippen molar-refractivity contribution in [3.63, 3.8) is 0 Å². The summed E-state index contributed by atoms with van der Waals surface area (Å²) >= 11 is 11.7. The molecule has 1 aromatic carbocycles. The molecule has 0 amide bonds. The Morgan fingerprint density at radius 1 is 1.26 bits per heavy atom. The van der Waals surface area contributed by atoms with Crippen LogP contribution in [0.1, 0.15) is 18.2 Å². The maximum Gasteiger partial charge on any atom is 0.173 e. The molecule has 0 radical (unpaired) electrons. The van der Waals surface area contributed by atoms with Crippen LogP contribution < -0.4 is 5.32 Å². The summed E-state index contributed by atoms with van der Waals surface area (Å²) in [6.45, 7) is 3.85. The van der Waals surface area contributed by atoms with Crippen molar-refractivity contribution in [2.75, 3.05) is 12.4 Å². The molecule has 0 spiro atoms. The van der Waals surface area contributed by atoms with Gasteiger partial charge >= 0.3 is 0 Å². The van der Waals surface area contributed by atoms with Crippen LogP contribution in [0.4, 0.5) is 10.1 Å². The van der Waals surface area contributed by atoms with E-state index >= 15 is 0 Å². The van der Waals surface area contributed by atoms with Gasteiger partial charge in [0.2, 0.25) is 0 Å². The molecule has 3 aromatic rings. The molecule has 0 aliphatic heterocycles. The lowest BCUT2D eigenvalue weighted by Crippen LogP contribution is -2.31. The van der Waals surface area contributed by atoms with E-state index in [2.05, 4.69) is 15.5 Å². The number of halogens is 2. The topological polar surface area (TPSA) is 50.9 Å². The predicted octanol–water partition coefficient (Wildman–Crippen LogP) is 3.77. The Balaban J connectivity index is 1.60. The van der Waals surface area contributed by atoms with Gasteiger partial charge in [0.25, 0.3) is 0 Å². The second-order valence-electron chi connectivity index (χ2n) is 6.09. The molecule has 0 aliphatic rings. The van der Waals surface area contributed by atoms with Crippen LogP contribution in [0.2, 0.25) is 5.02 Å². The summed E-state index contributed by atoms with van der Waals surface area (Å²) in [5, 5.41) is 12.9. The molecule has 3 rings (SSSR count). The average molecular weight is 407 g/mol. The minimum atomic E-state index is -0.250. The summed E-state index contributed by atoms with van der Waals surface area (Å²) in [5.74, 6) is -0.250. The van der Waals surface area contributed by atoms with E-state index < -0.39 is 0 Å². The number of thiocarbonyl (C=S) groups is 1. The Morgan fingerprint density at radius 2 is 2.00 bits per heavy atom. The minimum Gasteiger partial charge on any atom is -0.346 e. The molecule has 2 aromatic heterocycles. The van der Waals surface area contributed by atoms with E-state index in [-0.39, 0.29) is 5.82 Å². The Hall–Kier alpha value is -2.45. The van der Waals surface area contributed by atoms with Gasteiger partial charge < -0.3 is 10.2 Å². The lowest BCUT2D eigenvalue weighted by molar-refractivity contribution is 0.471. The van der Waals surface area contributed by atoms with Crippen molar-refractivity contribution >= 4 is 34.6 Å². The highest BCUT2D eigenvalue weighted by Crippen LogP contribution is 2.17. The molecule has 2 heterocycles. The molecule has 6 nitrogen and oxygen atoms in total. The van der Waals surface area contributed by atoms with Gasteiger partial charge in [0.1, 0.15) is 5.82 Å². The van der Waals surface area contributed by atoms with Gasteiger partial charge in [-0.15, -0.1) is 0 Å². The van der Waals surface area contributed by atoms with Gasteiger partial charge in [-0.05, 0) is 36.8 Å². The second kappa shape index (κ2) is 8.49. The number of nitrogens with zero attached hydrogens (tertiary/aromatic N) is 5. The Labute approximate surface area is 167 Å². The lowest BCUT2D eigenvalue weighted by atomic mass is 10.2. The van der Waals surface area contributed by atoms with Crippen LogP contribution in [-0.4, -0.2) is 36.6 Å². The third-order valence-electron chi connectivity index (χ3n) is 4.07. The van der Waals surface area contributed by atoms with E-state index in [0.29, 0.717) is 23.2 Å². The number of aryl methyl sites for hydroxylation is 1. The Kier molecular flexibility index (Phi) is 6.08. The Morgan fingerprint density at radius 3 is 2.70 bits per heavy atom. The molecule has 0 unspecified atom stereocenters. The van der Waals surface area contributed by atoms with E-state index in [0.717, 1.165) is 23.5 Å². The molecular formula is C18H20ClFN6S. The molecule has 0 atom stereocenters. The van der Waals surface area contributed by atoms with Crippen LogP contribution in [0.15, 0.2) is 42.9 Å². The van der Waals surface area contributed by atoms with Crippen LogP contribution in [0, 0.1) is 5.82 Å². The normalized spacial score (nSPS) is 10.8. The van der Waals surface area contributed by atoms with Gasteiger partial charge in [-0.2, -0.15) is 10.2 Å². The largest absolute Gasteiger partial charge is 0.346 e. The van der Waals surface area contributed by atoms with Crippen molar-refractivity contribution in [1.82, 2.24) is 24.5 Å². The zero-order valence-corrected chi connectivity index (χ0v) is 16.6. The Bertz CT molecular complexity index is 920. The van der Waals surface area contributed by atoms with Crippen LogP contribution >= 0.6 is 23.8 Å². The smallest absolute Gasteiger partial charge is 0.173 e. The number of rotatable bonds is 6. The fourth-order valence-corrected chi connectivity index (χ4v) is 3.01. The number of hydrogen-bond donors (Lipinski definition) is 1. The van der Waals surface area contributed by atoms with Crippen molar-refractivity contribution in [2.24, 2.45) is 0 Å². The van der Waals surface area contributed by atoms with E-state index in [4.69, 9.17) is 23.8 Å². The zero-order valence-electron chi connectivity index (χ0n) is 15.1. The highest BCUT2D eigenvalue weighted by atomic mass is 35.5. The third kappa shape index (κ3) is 4.84. The van der Waals surface area contributed by atoms with E-state index in [9.17, 15) is 4.39 Å². The van der Waals surface area contributed by atoms with Crippen molar-refractivity contribution in [1.29, 1.82) is 0 Å². The van der Waals surface area contributed by atoms with Gasteiger partial charge in [-0.3, -0.25) is 9.36 Å². The number of hydrogen-bond acceptors (Lipinski definition) is 3. The number of aromatic nitrogens is 4. The van der Waals surface area contributed by atoms with Gasteiger partial charge in [-0.1, -0.05) is 23.7 Å². The summed E-state index contributed by atoms with van der Waals surface area (Å²) in [5.41, 5.74) is 2.66. The van der Waals surface area contributed by atoms with Crippen LogP contribution in [0.25, 0.3) is 0 Å². The van der Waals surface area contributed by atoms with Crippen molar-refractivity contribution in [3.8, 4) is 0 Å². The van der Waals surface area contributed by atoms with E-state index in [1.807, 2.05) is 29.7 Å². The lowest BCUT2D eigenvalue weighted by Gasteiger charge is -2.21. The molecule has 9 heteroatoms. The maximum absolute atomic E-state index is 13.0. The second-order valence-corrected chi connectivity index (χ2v) is 6.89. The molecule has 0 fully saturated rings. The number of benzene rings is 1. The van der Waals surface area contributed by atoms with Crippen LogP contribution in [-0.2, 0) is 19.6 Å². The van der Waals surface area contributed by atoms with E-state index in [1.165, 1.54) is 12.1 Å². The SMILES string of the molecule is CCn1ncc(Cl)c1CN(C)C(=S)Nc1cnn(Cc2ccc(F)cc2)c1. The van der Waals surface area contributed by atoms with Crippen LogP contribution in [0.5, 0.6) is 0 Å². The molecular weight excluding hydrogens is 387 g/mol. The molecule has 1 N–H and O–H groups in total. The molecule has 0 aliphatic carbocycles. The van der Waals surface area contributed by atoms with Gasteiger partial charge in [-0.25, -0.2) is 4.39 Å². The quantitative estimate of drug-likeness (QED) is 0.631. The van der Waals surface area contributed by atoms with Gasteiger partial charge in [0.05, 0.1) is 41.9 Å². The predicted molar refractivity (Wildman–Crippen MR) is 108 cm³/mol. The van der Waals surface area contributed by atoms with E-state index in [1.54, 1.807) is 29.2 Å². The first-order valence-corrected chi connectivity index (χ1v) is 9.24. The summed E-state index contributed by atoms with van der Waals surface area (Å²) in [4.78, 5) is 1.89. The zero-order chi connectivity index (χ0) is 19.4. The number of nitrogens with one attached hydrogen (secondary N) is 1. The van der Waals surface area contributed by atoms with Crippen molar-refractivity contribution in [2.45, 2.75) is 26.6 Å². The van der Waals surface area contributed by atoms with Crippen LogP contribution in [0.3, 0.4) is 0 Å². The average Bonchev–Trinajstić information content (AvgIpc) is 3.23. The molecule has 0 saturated heterocycles. The fourth-order valence-electron chi connectivity index (χ4n) is 2.62. The summed E-state index contributed by atoms with van der Waals surface area (Å²) in [7, 11) is 1.89. The van der Waals surface area contributed by atoms with Gasteiger partial charge in [0.15, 0.2) is 5.11 Å². The monoisotopic (exact) mass is 406 g/mol. The molecule has 142 valence electrons. The summed E-state index contributed by atoms with van der Waals surface area (Å²) in [6, 6.07) is 6.36. The summed E-state index contributed by atoms with van der Waals surface area (Å²) in [6.07, 6.45) is 5.20. The first-order valence-electron chi connectivity index (χ1n) is 8.45. The molecule has 0 bridgehead atoms.